The molecule has 0 aliphatic carbocycles. The Kier molecular flexibility index (Phi) is 7.13. The second-order valence-electron chi connectivity index (χ2n) is 6.77. The number of aliphatic hydroxyl groups excluding tert-OH is 2. The summed E-state index contributed by atoms with van der Waals surface area (Å²) in [6, 6.07) is 0. The smallest absolute Gasteiger partial charge is 0.387 e. The standard InChI is InChI=1S/C11H18N5O15P3/c1-15-4-7(13-10(12)14-8(4)19)16(11(15)20)9-6(18)5(17)3(29-9)2-28-33(24,25)31-34(26,27)30-32(21,22)23/h3,5-6,9,17-18H,2H2,1H3,(H,24,25)(H,26,27)(H2,21,22,23)(H3,12,13,14,19)/t3-,5-,6-,9-/m1/s1. The maximum Gasteiger partial charge on any atom is 0.490 e. The predicted molar refractivity (Wildman–Crippen MR) is 106 cm³/mol. The van der Waals surface area contributed by atoms with Crippen molar-refractivity contribution in [2.45, 2.75) is 24.5 Å². The number of aromatic nitrogens is 4. The van der Waals surface area contributed by atoms with Gasteiger partial charge in [-0.3, -0.25) is 18.9 Å². The molecule has 2 unspecified atom stereocenters. The molecule has 3 rings (SSSR count). The minimum atomic E-state index is -5.78. The molecule has 20 nitrogen and oxygen atoms in total. The number of aliphatic hydroxyl groups is 2. The molecule has 1 fully saturated rings. The highest BCUT2D eigenvalue weighted by atomic mass is 31.3. The van der Waals surface area contributed by atoms with E-state index in [1.54, 1.807) is 0 Å². The lowest BCUT2D eigenvalue weighted by molar-refractivity contribution is -0.0519. The number of anilines is 1. The van der Waals surface area contributed by atoms with Crippen molar-refractivity contribution < 1.29 is 61.4 Å². The largest absolute Gasteiger partial charge is 0.490 e. The third-order valence-electron chi connectivity index (χ3n) is 4.36. The SMILES string of the molecule is Cn1c(=O)n([C@@H]2O[C@H](COP(=O)(O)OP(=O)(O)OP(=O)(O)O)[C@@H](O)[C@H]2O)c2nc(N)[nH]c(=O)c21. The van der Waals surface area contributed by atoms with Gasteiger partial charge in [-0.2, -0.15) is 13.6 Å². The number of fused-ring (bicyclic) bond motifs is 1. The average molecular weight is 553 g/mol. The van der Waals surface area contributed by atoms with Crippen molar-refractivity contribution in [3.8, 4) is 0 Å². The number of ether oxygens (including phenoxy) is 1. The van der Waals surface area contributed by atoms with Gasteiger partial charge in [-0.05, 0) is 0 Å². The molecule has 23 heteroatoms. The normalized spacial score (nSPS) is 27.0. The second-order valence-corrected chi connectivity index (χ2v) is 11.2. The Morgan fingerprint density at radius 3 is 2.29 bits per heavy atom. The molecule has 192 valence electrons. The van der Waals surface area contributed by atoms with Crippen LogP contribution in [-0.2, 0) is 38.6 Å². The minimum absolute atomic E-state index is 0.249. The molecule has 0 amide bonds. The highest BCUT2D eigenvalue weighted by Gasteiger charge is 2.47. The van der Waals surface area contributed by atoms with Crippen LogP contribution in [0.15, 0.2) is 9.59 Å². The average Bonchev–Trinajstić information content (AvgIpc) is 3.04. The van der Waals surface area contributed by atoms with Gasteiger partial charge in [-0.1, -0.05) is 0 Å². The fourth-order valence-electron chi connectivity index (χ4n) is 3.07. The molecule has 0 bridgehead atoms. The van der Waals surface area contributed by atoms with Crippen LogP contribution < -0.4 is 17.0 Å². The van der Waals surface area contributed by atoms with Gasteiger partial charge in [0.05, 0.1) is 6.61 Å². The van der Waals surface area contributed by atoms with Gasteiger partial charge in [-0.25, -0.2) is 23.1 Å². The Labute approximate surface area is 186 Å². The van der Waals surface area contributed by atoms with E-state index < -0.39 is 65.9 Å². The number of nitrogens with zero attached hydrogens (tertiary/aromatic N) is 3. The van der Waals surface area contributed by atoms with E-state index >= 15 is 0 Å². The first-order valence-corrected chi connectivity index (χ1v) is 13.2. The third-order valence-corrected chi connectivity index (χ3v) is 8.16. The van der Waals surface area contributed by atoms with Crippen LogP contribution in [0, 0.1) is 0 Å². The van der Waals surface area contributed by atoms with Crippen LogP contribution in [0.2, 0.25) is 0 Å². The zero-order chi connectivity index (χ0) is 25.8. The molecular weight excluding hydrogens is 535 g/mol. The van der Waals surface area contributed by atoms with Gasteiger partial charge in [0.2, 0.25) is 5.95 Å². The number of phosphoric acid groups is 3. The Hall–Kier alpha value is -1.76. The molecule has 0 aromatic carbocycles. The second kappa shape index (κ2) is 9.03. The fourth-order valence-corrected chi connectivity index (χ4v) is 6.10. The van der Waals surface area contributed by atoms with Gasteiger partial charge in [0.1, 0.15) is 18.3 Å². The number of aryl methyl sites for hydroxylation is 1. The molecular formula is C11H18N5O15P3. The Morgan fingerprint density at radius 1 is 1.09 bits per heavy atom. The molecule has 2 aromatic heterocycles. The lowest BCUT2D eigenvalue weighted by atomic mass is 10.1. The topological polar surface area (TPSA) is 308 Å². The van der Waals surface area contributed by atoms with Crippen molar-refractivity contribution in [3.63, 3.8) is 0 Å². The van der Waals surface area contributed by atoms with Crippen LogP contribution in [-0.4, -0.2) is 73.8 Å². The van der Waals surface area contributed by atoms with Gasteiger partial charge >= 0.3 is 29.2 Å². The lowest BCUT2D eigenvalue weighted by Crippen LogP contribution is -2.35. The van der Waals surface area contributed by atoms with E-state index in [2.05, 4.69) is 23.1 Å². The predicted octanol–water partition coefficient (Wildman–Crippen LogP) is -3.03. The fraction of sp³-hybridized carbons (Fsp3) is 0.545. The zero-order valence-corrected chi connectivity index (χ0v) is 19.3. The quantitative estimate of drug-likeness (QED) is 0.151. The number of H-pyrrole nitrogens is 1. The van der Waals surface area contributed by atoms with E-state index in [9.17, 15) is 38.4 Å². The molecule has 0 saturated carbocycles. The van der Waals surface area contributed by atoms with E-state index in [0.717, 1.165) is 4.57 Å². The third kappa shape index (κ3) is 5.55. The molecule has 1 aliphatic rings. The van der Waals surface area contributed by atoms with Crippen LogP contribution in [0.4, 0.5) is 5.95 Å². The van der Waals surface area contributed by atoms with Gasteiger partial charge in [-0.15, -0.1) is 0 Å². The van der Waals surface area contributed by atoms with Crippen LogP contribution in [0.25, 0.3) is 11.2 Å². The van der Waals surface area contributed by atoms with Crippen LogP contribution in [0.1, 0.15) is 6.23 Å². The molecule has 2 aromatic rings. The first-order valence-electron chi connectivity index (χ1n) is 8.69. The first-order chi connectivity index (χ1) is 15.4. The summed E-state index contributed by atoms with van der Waals surface area (Å²) in [6.45, 7) is -1.10. The number of aromatic amines is 1. The Balaban J connectivity index is 1.82. The maximum atomic E-state index is 12.6. The molecule has 0 spiro atoms. The summed E-state index contributed by atoms with van der Waals surface area (Å²) >= 11 is 0. The summed E-state index contributed by atoms with van der Waals surface area (Å²) in [4.78, 5) is 66.4. The number of nitrogen functional groups attached to an aromatic ring is 1. The van der Waals surface area contributed by atoms with Crippen molar-refractivity contribution in [1.29, 1.82) is 0 Å². The van der Waals surface area contributed by atoms with Crippen molar-refractivity contribution in [1.82, 2.24) is 19.1 Å². The minimum Gasteiger partial charge on any atom is -0.387 e. The summed E-state index contributed by atoms with van der Waals surface area (Å²) in [5.41, 5.74) is 3.21. The summed E-state index contributed by atoms with van der Waals surface area (Å²) in [7, 11) is -15.7. The van der Waals surface area contributed by atoms with E-state index in [1.807, 2.05) is 0 Å². The highest BCUT2D eigenvalue weighted by molar-refractivity contribution is 7.66. The van der Waals surface area contributed by atoms with Gasteiger partial charge in [0, 0.05) is 7.05 Å². The van der Waals surface area contributed by atoms with E-state index in [1.165, 1.54) is 7.05 Å². The summed E-state index contributed by atoms with van der Waals surface area (Å²) in [6.07, 6.45) is -7.11. The summed E-state index contributed by atoms with van der Waals surface area (Å²) in [5.74, 6) is -0.380. The molecule has 1 aliphatic heterocycles. The van der Waals surface area contributed by atoms with Gasteiger partial charge in [0.15, 0.2) is 17.4 Å². The zero-order valence-electron chi connectivity index (χ0n) is 16.6. The first kappa shape index (κ1) is 26.8. The number of hydrogen-bond donors (Lipinski definition) is 8. The Morgan fingerprint density at radius 2 is 1.71 bits per heavy atom. The number of imidazole rings is 1. The van der Waals surface area contributed by atoms with E-state index in [4.69, 9.17) is 25.2 Å². The lowest BCUT2D eigenvalue weighted by Gasteiger charge is -2.19. The molecule has 3 heterocycles. The molecule has 34 heavy (non-hydrogen) atoms. The summed E-state index contributed by atoms with van der Waals surface area (Å²) < 4.78 is 52.2. The van der Waals surface area contributed by atoms with Gasteiger partial charge < -0.3 is 40.3 Å². The van der Waals surface area contributed by atoms with Crippen molar-refractivity contribution in [2.24, 2.45) is 7.05 Å². The number of nitrogens with one attached hydrogen (secondary N) is 1. The van der Waals surface area contributed by atoms with Gasteiger partial charge in [0.25, 0.3) is 5.56 Å². The van der Waals surface area contributed by atoms with E-state index in [0.29, 0.717) is 4.57 Å². The molecule has 9 N–H and O–H groups in total. The Bertz CT molecular complexity index is 1360. The highest BCUT2D eigenvalue weighted by Crippen LogP contribution is 2.66. The van der Waals surface area contributed by atoms with Crippen LogP contribution in [0.5, 0.6) is 0 Å². The summed E-state index contributed by atoms with van der Waals surface area (Å²) in [5, 5.41) is 20.6. The van der Waals surface area contributed by atoms with Crippen molar-refractivity contribution in [2.75, 3.05) is 12.3 Å². The number of nitrogens with two attached hydrogens (primary N) is 1. The molecule has 0 radical (unpaired) electrons. The van der Waals surface area contributed by atoms with E-state index in [-0.39, 0.29) is 17.1 Å². The van der Waals surface area contributed by atoms with Crippen molar-refractivity contribution in [3.05, 3.63) is 20.8 Å². The number of hydrogen-bond acceptors (Lipinski definition) is 13. The molecule has 6 atom stereocenters. The number of phosphoric ester groups is 1. The number of rotatable bonds is 8. The maximum absolute atomic E-state index is 12.6. The monoisotopic (exact) mass is 553 g/mol. The van der Waals surface area contributed by atoms with Crippen LogP contribution >= 0.6 is 23.5 Å². The van der Waals surface area contributed by atoms with Crippen LogP contribution in [0.3, 0.4) is 0 Å². The van der Waals surface area contributed by atoms with Crippen molar-refractivity contribution >= 4 is 40.6 Å². The molecule has 1 saturated heterocycles.